The normalized spacial score (nSPS) is 53.0. The molecule has 0 radical (unpaired) electrons. The van der Waals surface area contributed by atoms with Crippen molar-refractivity contribution < 1.29 is 60.2 Å². The summed E-state index contributed by atoms with van der Waals surface area (Å²) in [6.07, 6.45) is -4.98. The molecule has 5 aliphatic carbocycles. The van der Waals surface area contributed by atoms with E-state index in [1.165, 1.54) is 0 Å². The van der Waals surface area contributed by atoms with E-state index in [0.29, 0.717) is 6.42 Å². The first kappa shape index (κ1) is 37.8. The number of aliphatic hydroxyl groups is 9. The lowest BCUT2D eigenvalue weighted by molar-refractivity contribution is -0.300. The summed E-state index contributed by atoms with van der Waals surface area (Å²) in [5.41, 5.74) is -3.86. The lowest BCUT2D eigenvalue weighted by Crippen LogP contribution is -2.65. The molecule has 0 amide bonds. The number of hydrogen-bond acceptors (Lipinski definition) is 12. The van der Waals surface area contributed by atoms with Gasteiger partial charge in [-0.15, -0.1) is 0 Å². The predicted octanol–water partition coefficient (Wildman–Crippen LogP) is 0.847. The van der Waals surface area contributed by atoms with Gasteiger partial charge in [0.2, 0.25) is 6.29 Å². The average molecular weight is 699 g/mol. The fourth-order valence-corrected chi connectivity index (χ4v) is 12.9. The summed E-state index contributed by atoms with van der Waals surface area (Å²) in [5.74, 6) is -1.07. The van der Waals surface area contributed by atoms with Crippen LogP contribution in [0.4, 0.5) is 0 Å². The molecule has 0 unspecified atom stereocenters. The molecule has 1 aliphatic heterocycles. The maximum absolute atomic E-state index is 14.1. The third-order valence-corrected chi connectivity index (χ3v) is 16.5. The van der Waals surface area contributed by atoms with Crippen LogP contribution >= 0.6 is 0 Å². The number of rotatable bonds is 9. The van der Waals surface area contributed by atoms with Crippen LogP contribution in [-0.4, -0.2) is 120 Å². The molecule has 0 bridgehead atoms. The van der Waals surface area contributed by atoms with Crippen molar-refractivity contribution in [3.63, 3.8) is 0 Å². The molecule has 49 heavy (non-hydrogen) atoms. The minimum absolute atomic E-state index is 0.00525. The van der Waals surface area contributed by atoms with Crippen molar-refractivity contribution in [3.05, 3.63) is 0 Å². The quantitative estimate of drug-likeness (QED) is 0.153. The molecule has 12 heteroatoms. The lowest BCUT2D eigenvalue weighted by atomic mass is 9.41. The van der Waals surface area contributed by atoms with E-state index in [-0.39, 0.29) is 52.8 Å². The van der Waals surface area contributed by atoms with Gasteiger partial charge in [-0.3, -0.25) is 4.79 Å². The highest BCUT2D eigenvalue weighted by Gasteiger charge is 2.86. The highest BCUT2D eigenvalue weighted by atomic mass is 16.7. The molecule has 0 aromatic rings. The number of fused-ring (bicyclic) bond motifs is 2. The SMILES string of the molecule is CC(C)[C@](O)(CO)C[C@@H](O)[C@@H](C)[C@H]1CC[C@@]2(C)[C@@H]3CC[C@H]4[C@](C)(C(=O)O[C@@H]5O[C@H](CO)[C@@H](O)[C@H](O)[C@H]5O)[C@@H](O)C[C@H](O)[C@@]45C[C@@]35CC[C@]12C. The van der Waals surface area contributed by atoms with Gasteiger partial charge in [-0.05, 0) is 97.7 Å². The topological polar surface area (TPSA) is 218 Å². The van der Waals surface area contributed by atoms with Crippen molar-refractivity contribution >= 4 is 5.97 Å². The second kappa shape index (κ2) is 12.3. The zero-order valence-corrected chi connectivity index (χ0v) is 30.0. The van der Waals surface area contributed by atoms with Crippen molar-refractivity contribution in [1.82, 2.24) is 0 Å². The standard InChI is InChI=1S/C37H62O12/c1-18(2)36(47,17-39)14-21(40)19(3)20-9-10-33(5)23-7-8-24-34(6,31(46)49-30-29(45)28(44)27(43)22(15-38)48-30)25(41)13-26(42)37(24)16-35(23,37)12-11-32(20,33)4/h18-30,38-45,47H,7-17H2,1-6H3/t19-,20+,21+,22+,23-,24-,25-,26-,27+,28-,29+,30-,32+,33-,34-,35-,36+,37+/m0/s1. The van der Waals surface area contributed by atoms with Crippen molar-refractivity contribution in [1.29, 1.82) is 0 Å². The number of carbonyl (C=O) groups excluding carboxylic acids is 1. The third-order valence-electron chi connectivity index (χ3n) is 16.5. The van der Waals surface area contributed by atoms with E-state index in [1.54, 1.807) is 6.92 Å². The van der Waals surface area contributed by atoms with E-state index < -0.39 is 90.5 Å². The third kappa shape index (κ3) is 4.94. The molecule has 6 fully saturated rings. The van der Waals surface area contributed by atoms with Crippen LogP contribution in [-0.2, 0) is 14.3 Å². The van der Waals surface area contributed by atoms with Crippen molar-refractivity contribution in [2.24, 2.45) is 56.7 Å². The van der Waals surface area contributed by atoms with E-state index in [2.05, 4.69) is 20.8 Å². The zero-order valence-electron chi connectivity index (χ0n) is 30.0. The molecule has 9 N–H and O–H groups in total. The van der Waals surface area contributed by atoms with Crippen LogP contribution in [0.3, 0.4) is 0 Å². The van der Waals surface area contributed by atoms with Gasteiger partial charge in [0, 0.05) is 18.3 Å². The van der Waals surface area contributed by atoms with Crippen LogP contribution in [0.15, 0.2) is 0 Å². The van der Waals surface area contributed by atoms with Gasteiger partial charge in [0.1, 0.15) is 24.4 Å². The Morgan fingerprint density at radius 3 is 2.14 bits per heavy atom. The molecule has 2 spiro atoms. The first-order valence-electron chi connectivity index (χ1n) is 18.6. The number of carbonyl (C=O) groups is 1. The van der Waals surface area contributed by atoms with Crippen LogP contribution in [0.1, 0.15) is 99.3 Å². The zero-order chi connectivity index (χ0) is 36.3. The highest BCUT2D eigenvalue weighted by Crippen LogP contribution is 2.89. The summed E-state index contributed by atoms with van der Waals surface area (Å²) < 4.78 is 11.2. The smallest absolute Gasteiger partial charge is 0.317 e. The fraction of sp³-hybridized carbons (Fsp3) is 0.973. The highest BCUT2D eigenvalue weighted by molar-refractivity contribution is 5.78. The maximum Gasteiger partial charge on any atom is 0.317 e. The maximum atomic E-state index is 14.1. The Morgan fingerprint density at radius 2 is 1.53 bits per heavy atom. The van der Waals surface area contributed by atoms with Crippen molar-refractivity contribution in [3.8, 4) is 0 Å². The summed E-state index contributed by atoms with van der Waals surface area (Å²) in [5, 5.41) is 96.5. The summed E-state index contributed by atoms with van der Waals surface area (Å²) in [7, 11) is 0. The number of aliphatic hydroxyl groups excluding tert-OH is 8. The Hall–Kier alpha value is -0.930. The van der Waals surface area contributed by atoms with Gasteiger partial charge >= 0.3 is 5.97 Å². The second-order valence-electron chi connectivity index (χ2n) is 18.2. The second-order valence-corrected chi connectivity index (χ2v) is 18.2. The monoisotopic (exact) mass is 698 g/mol. The number of esters is 1. The molecule has 12 nitrogen and oxygen atoms in total. The van der Waals surface area contributed by atoms with Gasteiger partial charge in [-0.2, -0.15) is 0 Å². The summed E-state index contributed by atoms with van der Waals surface area (Å²) in [4.78, 5) is 14.1. The molecule has 282 valence electrons. The van der Waals surface area contributed by atoms with Crippen LogP contribution in [0, 0.1) is 56.7 Å². The Kier molecular flexibility index (Phi) is 9.50. The van der Waals surface area contributed by atoms with Gasteiger partial charge in [-0.1, -0.05) is 34.6 Å². The average Bonchev–Trinajstić information content (AvgIpc) is 3.68. The van der Waals surface area contributed by atoms with Gasteiger partial charge < -0.3 is 55.4 Å². The minimum Gasteiger partial charge on any atom is -0.432 e. The van der Waals surface area contributed by atoms with Crippen molar-refractivity contribution in [2.45, 2.75) is 154 Å². The molecular weight excluding hydrogens is 636 g/mol. The van der Waals surface area contributed by atoms with E-state index >= 15 is 0 Å². The molecule has 0 aromatic heterocycles. The summed E-state index contributed by atoms with van der Waals surface area (Å²) >= 11 is 0. The number of ether oxygens (including phenoxy) is 2. The van der Waals surface area contributed by atoms with E-state index in [9.17, 15) is 50.8 Å². The predicted molar refractivity (Wildman–Crippen MR) is 175 cm³/mol. The molecule has 6 aliphatic rings. The molecule has 5 saturated carbocycles. The van der Waals surface area contributed by atoms with Crippen LogP contribution in [0.5, 0.6) is 0 Å². The molecule has 1 saturated heterocycles. The fourth-order valence-electron chi connectivity index (χ4n) is 12.9. The van der Waals surface area contributed by atoms with E-state index in [0.717, 1.165) is 38.5 Å². The number of hydrogen-bond donors (Lipinski definition) is 9. The lowest BCUT2D eigenvalue weighted by Gasteiger charge is -2.64. The molecule has 0 aromatic carbocycles. The Balaban J connectivity index is 1.25. The van der Waals surface area contributed by atoms with Crippen LogP contribution < -0.4 is 0 Å². The molecule has 1 heterocycles. The Labute approximate surface area is 289 Å². The molecular formula is C37H62O12. The van der Waals surface area contributed by atoms with Gasteiger partial charge in [0.15, 0.2) is 0 Å². The first-order valence-corrected chi connectivity index (χ1v) is 18.6. The van der Waals surface area contributed by atoms with Crippen LogP contribution in [0.25, 0.3) is 0 Å². The minimum atomic E-state index is -1.76. The summed E-state index contributed by atoms with van der Waals surface area (Å²) in [6.45, 7) is 11.1. The van der Waals surface area contributed by atoms with E-state index in [1.807, 2.05) is 13.8 Å². The van der Waals surface area contributed by atoms with Gasteiger partial charge in [-0.25, -0.2) is 0 Å². The molecule has 6 rings (SSSR count). The largest absolute Gasteiger partial charge is 0.432 e. The Bertz CT molecular complexity index is 1260. The van der Waals surface area contributed by atoms with Gasteiger partial charge in [0.25, 0.3) is 0 Å². The van der Waals surface area contributed by atoms with Crippen molar-refractivity contribution in [2.75, 3.05) is 13.2 Å². The molecule has 18 atom stereocenters. The van der Waals surface area contributed by atoms with Gasteiger partial charge in [0.05, 0.1) is 42.5 Å². The Morgan fingerprint density at radius 1 is 0.878 bits per heavy atom. The van der Waals surface area contributed by atoms with Crippen LogP contribution in [0.2, 0.25) is 0 Å². The van der Waals surface area contributed by atoms with E-state index in [4.69, 9.17) is 9.47 Å². The first-order chi connectivity index (χ1) is 22.8. The summed E-state index contributed by atoms with van der Waals surface area (Å²) in [6, 6.07) is 0.